The maximum absolute atomic E-state index is 9.23. The summed E-state index contributed by atoms with van der Waals surface area (Å²) in [7, 11) is 0. The van der Waals surface area contributed by atoms with Crippen molar-refractivity contribution >= 4 is 0 Å². The van der Waals surface area contributed by atoms with Gasteiger partial charge in [-0.05, 0) is 24.0 Å². The summed E-state index contributed by atoms with van der Waals surface area (Å²) in [6.45, 7) is 0.106. The van der Waals surface area contributed by atoms with E-state index in [1.54, 1.807) is 12.4 Å². The Hall–Kier alpha value is -3.03. The first-order valence-corrected chi connectivity index (χ1v) is 8.30. The second-order valence-corrected chi connectivity index (χ2v) is 5.73. The minimum Gasteiger partial charge on any atom is -0.396 e. The molecular weight excluding hydrogens is 310 g/mol. The van der Waals surface area contributed by atoms with Crippen LogP contribution in [0.4, 0.5) is 0 Å². The molecule has 0 fully saturated rings. The molecule has 4 nitrogen and oxygen atoms in total. The van der Waals surface area contributed by atoms with E-state index in [-0.39, 0.29) is 6.61 Å². The van der Waals surface area contributed by atoms with Gasteiger partial charge in [0.25, 0.3) is 0 Å². The molecule has 0 aliphatic carbocycles. The van der Waals surface area contributed by atoms with Gasteiger partial charge in [0.05, 0.1) is 29.9 Å². The highest BCUT2D eigenvalue weighted by Crippen LogP contribution is 2.25. The van der Waals surface area contributed by atoms with Crippen molar-refractivity contribution in [1.29, 1.82) is 5.26 Å². The molecule has 0 saturated carbocycles. The van der Waals surface area contributed by atoms with Crippen LogP contribution in [0.15, 0.2) is 60.9 Å². The van der Waals surface area contributed by atoms with Crippen molar-refractivity contribution in [2.45, 2.75) is 19.3 Å². The lowest BCUT2D eigenvalue weighted by Gasteiger charge is -2.10. The van der Waals surface area contributed by atoms with E-state index in [1.807, 2.05) is 48.5 Å². The number of benzene rings is 2. The maximum atomic E-state index is 9.23. The van der Waals surface area contributed by atoms with Gasteiger partial charge in [-0.2, -0.15) is 5.26 Å². The summed E-state index contributed by atoms with van der Waals surface area (Å²) in [4.78, 5) is 9.17. The first kappa shape index (κ1) is 16.8. The van der Waals surface area contributed by atoms with Crippen molar-refractivity contribution in [2.24, 2.45) is 0 Å². The van der Waals surface area contributed by atoms with Gasteiger partial charge in [-0.25, -0.2) is 0 Å². The Kier molecular flexibility index (Phi) is 5.50. The molecule has 0 aliphatic heterocycles. The summed E-state index contributed by atoms with van der Waals surface area (Å²) < 4.78 is 0. The first-order valence-electron chi connectivity index (χ1n) is 8.30. The van der Waals surface area contributed by atoms with Gasteiger partial charge in [0, 0.05) is 24.2 Å². The Labute approximate surface area is 147 Å². The molecule has 2 aromatic carbocycles. The molecule has 0 aliphatic rings. The Morgan fingerprint density at radius 2 is 1.32 bits per heavy atom. The molecular formula is C21H19N3O. The monoisotopic (exact) mass is 329 g/mol. The van der Waals surface area contributed by atoms with Crippen LogP contribution in [0.3, 0.4) is 0 Å². The molecule has 1 aromatic heterocycles. The van der Waals surface area contributed by atoms with Crippen molar-refractivity contribution in [1.82, 2.24) is 9.97 Å². The minimum atomic E-state index is 0.106. The topological polar surface area (TPSA) is 69.8 Å². The zero-order valence-corrected chi connectivity index (χ0v) is 13.9. The number of hydrogen-bond acceptors (Lipinski definition) is 4. The van der Waals surface area contributed by atoms with Gasteiger partial charge in [-0.3, -0.25) is 9.97 Å². The molecule has 0 bridgehead atoms. The fraction of sp³-hybridized carbons (Fsp3) is 0.190. The quantitative estimate of drug-likeness (QED) is 0.747. The van der Waals surface area contributed by atoms with E-state index in [0.29, 0.717) is 19.3 Å². The second kappa shape index (κ2) is 8.18. The van der Waals surface area contributed by atoms with Gasteiger partial charge in [-0.1, -0.05) is 48.5 Å². The number of rotatable bonds is 6. The third kappa shape index (κ3) is 3.90. The number of nitrogens with zero attached hydrogens (tertiary/aromatic N) is 3. The van der Waals surface area contributed by atoms with Crippen molar-refractivity contribution in [3.8, 4) is 28.6 Å². The molecule has 0 radical (unpaired) electrons. The summed E-state index contributed by atoms with van der Waals surface area (Å²) in [6.07, 6.45) is 5.33. The van der Waals surface area contributed by atoms with E-state index < -0.39 is 0 Å². The van der Waals surface area contributed by atoms with E-state index in [0.717, 1.165) is 33.6 Å². The van der Waals surface area contributed by atoms with Gasteiger partial charge in [0.15, 0.2) is 0 Å². The van der Waals surface area contributed by atoms with Crippen LogP contribution in [0.25, 0.3) is 22.5 Å². The molecule has 0 unspecified atom stereocenters. The second-order valence-electron chi connectivity index (χ2n) is 5.73. The summed E-state index contributed by atoms with van der Waals surface area (Å²) in [5, 5.41) is 18.1. The zero-order chi connectivity index (χ0) is 17.5. The number of nitriles is 1. The van der Waals surface area contributed by atoms with Crippen LogP contribution < -0.4 is 0 Å². The third-order valence-corrected chi connectivity index (χ3v) is 4.13. The Balaban J connectivity index is 1.93. The minimum absolute atomic E-state index is 0.106. The van der Waals surface area contributed by atoms with E-state index in [4.69, 9.17) is 5.26 Å². The largest absolute Gasteiger partial charge is 0.396 e. The highest BCUT2D eigenvalue weighted by molar-refractivity contribution is 5.67. The van der Waals surface area contributed by atoms with Crippen molar-refractivity contribution < 1.29 is 5.11 Å². The van der Waals surface area contributed by atoms with Crippen LogP contribution in [-0.4, -0.2) is 21.7 Å². The number of aromatic nitrogens is 2. The first-order chi connectivity index (χ1) is 12.3. The molecule has 0 saturated heterocycles. The van der Waals surface area contributed by atoms with E-state index in [9.17, 15) is 5.11 Å². The molecule has 3 aromatic rings. The molecule has 0 spiro atoms. The van der Waals surface area contributed by atoms with E-state index in [2.05, 4.69) is 16.0 Å². The summed E-state index contributed by atoms with van der Waals surface area (Å²) in [5.41, 5.74) is 5.77. The van der Waals surface area contributed by atoms with Crippen LogP contribution in [0.5, 0.6) is 0 Å². The van der Waals surface area contributed by atoms with Gasteiger partial charge < -0.3 is 5.11 Å². The molecule has 25 heavy (non-hydrogen) atoms. The average Bonchev–Trinajstić information content (AvgIpc) is 2.67. The predicted octanol–water partition coefficient (Wildman–Crippen LogP) is 3.80. The lowest BCUT2D eigenvalue weighted by Crippen LogP contribution is -1.97. The molecule has 4 heteroatoms. The summed E-state index contributed by atoms with van der Waals surface area (Å²) in [5.74, 6) is 0. The SMILES string of the molecule is N#CCCc1ccccc1-c1cnc(-c2ccccc2CCO)cn1. The molecule has 0 amide bonds. The number of aryl methyl sites for hydroxylation is 1. The van der Waals surface area contributed by atoms with Gasteiger partial charge in [-0.15, -0.1) is 0 Å². The molecule has 3 rings (SSSR count). The third-order valence-electron chi connectivity index (χ3n) is 4.13. The average molecular weight is 329 g/mol. The van der Waals surface area contributed by atoms with Gasteiger partial charge in [0.2, 0.25) is 0 Å². The number of aliphatic hydroxyl groups excluding tert-OH is 1. The smallest absolute Gasteiger partial charge is 0.0888 e. The van der Waals surface area contributed by atoms with Crippen LogP contribution >= 0.6 is 0 Å². The van der Waals surface area contributed by atoms with Gasteiger partial charge in [0.1, 0.15) is 0 Å². The standard InChI is InChI=1S/C21H19N3O/c22-12-5-8-16-6-1-3-9-18(16)20-14-24-21(15-23-20)19-10-4-2-7-17(19)11-13-25/h1-4,6-7,9-10,14-15,25H,5,8,11,13H2. The fourth-order valence-electron chi connectivity index (χ4n) is 2.89. The summed E-state index contributed by atoms with van der Waals surface area (Å²) in [6, 6.07) is 18.1. The van der Waals surface area contributed by atoms with Crippen molar-refractivity contribution in [3.05, 3.63) is 72.1 Å². The van der Waals surface area contributed by atoms with E-state index >= 15 is 0 Å². The maximum Gasteiger partial charge on any atom is 0.0888 e. The predicted molar refractivity (Wildman–Crippen MR) is 97.6 cm³/mol. The van der Waals surface area contributed by atoms with E-state index in [1.165, 1.54) is 0 Å². The zero-order valence-electron chi connectivity index (χ0n) is 13.9. The fourth-order valence-corrected chi connectivity index (χ4v) is 2.89. The molecule has 0 atom stereocenters. The van der Waals surface area contributed by atoms with Crippen molar-refractivity contribution in [2.75, 3.05) is 6.61 Å². The Morgan fingerprint density at radius 3 is 1.80 bits per heavy atom. The number of hydrogen-bond donors (Lipinski definition) is 1. The Bertz CT molecular complexity index is 882. The number of aliphatic hydroxyl groups is 1. The van der Waals surface area contributed by atoms with Crippen LogP contribution in [0.2, 0.25) is 0 Å². The highest BCUT2D eigenvalue weighted by atomic mass is 16.2. The normalized spacial score (nSPS) is 10.4. The highest BCUT2D eigenvalue weighted by Gasteiger charge is 2.09. The summed E-state index contributed by atoms with van der Waals surface area (Å²) >= 11 is 0. The van der Waals surface area contributed by atoms with Gasteiger partial charge >= 0.3 is 0 Å². The lowest BCUT2D eigenvalue weighted by atomic mass is 10.00. The van der Waals surface area contributed by atoms with Crippen LogP contribution in [0.1, 0.15) is 17.5 Å². The van der Waals surface area contributed by atoms with Crippen LogP contribution in [-0.2, 0) is 12.8 Å². The van der Waals surface area contributed by atoms with Crippen molar-refractivity contribution in [3.63, 3.8) is 0 Å². The molecule has 1 N–H and O–H groups in total. The molecule has 1 heterocycles. The van der Waals surface area contributed by atoms with Crippen LogP contribution in [0, 0.1) is 11.3 Å². The lowest BCUT2D eigenvalue weighted by molar-refractivity contribution is 0.300. The Morgan fingerprint density at radius 1 is 0.800 bits per heavy atom. The molecule has 124 valence electrons.